The third-order valence-corrected chi connectivity index (χ3v) is 5.37. The van der Waals surface area contributed by atoms with Crippen LogP contribution in [-0.2, 0) is 0 Å². The van der Waals surface area contributed by atoms with Gasteiger partial charge in [0.15, 0.2) is 16.8 Å². The molecule has 29 heavy (non-hydrogen) atoms. The number of hydrazine groups is 1. The van der Waals surface area contributed by atoms with Crippen LogP contribution in [0.4, 0.5) is 22.5 Å². The maximum Gasteiger partial charge on any atom is 0.271 e. The lowest BCUT2D eigenvalue weighted by Gasteiger charge is -2.12. The topological polar surface area (TPSA) is 118 Å². The lowest BCUT2D eigenvalue weighted by molar-refractivity contribution is 0.0962. The van der Waals surface area contributed by atoms with Crippen LogP contribution in [0.25, 0.3) is 10.2 Å². The Hall–Kier alpha value is -3.14. The number of carbonyl (C=O) groups excluding carboxylic acids is 1. The minimum absolute atomic E-state index is 0.217. The Labute approximate surface area is 179 Å². The molecule has 0 atom stereocenters. The molecule has 4 rings (SSSR count). The third-order valence-electron chi connectivity index (χ3n) is 3.87. The number of fused-ring (bicyclic) bond motifs is 1. The van der Waals surface area contributed by atoms with E-state index in [1.165, 1.54) is 29.8 Å². The van der Waals surface area contributed by atoms with Crippen LogP contribution in [0.2, 0.25) is 10.0 Å². The molecule has 0 bridgehead atoms. The van der Waals surface area contributed by atoms with Crippen LogP contribution in [0.5, 0.6) is 0 Å². The zero-order valence-corrected chi connectivity index (χ0v) is 16.9. The molecule has 0 unspecified atom stereocenters. The summed E-state index contributed by atoms with van der Waals surface area (Å²) in [6.07, 6.45) is 1.32. The van der Waals surface area contributed by atoms with Crippen LogP contribution in [-0.4, -0.2) is 20.9 Å². The van der Waals surface area contributed by atoms with E-state index in [-0.39, 0.29) is 22.1 Å². The Bertz CT molecular complexity index is 1180. The van der Waals surface area contributed by atoms with Gasteiger partial charge in [-0.1, -0.05) is 46.7 Å². The quantitative estimate of drug-likeness (QED) is 0.334. The van der Waals surface area contributed by atoms with Gasteiger partial charge in [-0.05, 0) is 30.3 Å². The van der Waals surface area contributed by atoms with Gasteiger partial charge in [-0.15, -0.1) is 0 Å². The second-order valence-electron chi connectivity index (χ2n) is 5.80. The predicted molar refractivity (Wildman–Crippen MR) is 117 cm³/mol. The Morgan fingerprint density at radius 2 is 1.86 bits per heavy atom. The number of nitrogens with two attached hydrogens (primary N) is 1. The average Bonchev–Trinajstić information content (AvgIpc) is 3.11. The van der Waals surface area contributed by atoms with E-state index in [9.17, 15) is 4.79 Å². The van der Waals surface area contributed by atoms with Crippen molar-refractivity contribution in [3.63, 3.8) is 0 Å². The molecule has 8 nitrogen and oxygen atoms in total. The molecule has 5 N–H and O–H groups in total. The largest absolute Gasteiger partial charge is 0.393 e. The number of carbonyl (C=O) groups is 1. The van der Waals surface area contributed by atoms with Crippen molar-refractivity contribution in [1.82, 2.24) is 20.4 Å². The minimum Gasteiger partial charge on any atom is -0.393 e. The van der Waals surface area contributed by atoms with E-state index in [0.29, 0.717) is 16.0 Å². The van der Waals surface area contributed by atoms with Crippen LogP contribution in [0.3, 0.4) is 0 Å². The van der Waals surface area contributed by atoms with Gasteiger partial charge in [0.1, 0.15) is 12.0 Å². The summed E-state index contributed by atoms with van der Waals surface area (Å²) in [5.41, 5.74) is 12.7. The first kappa shape index (κ1) is 19.2. The van der Waals surface area contributed by atoms with E-state index in [0.717, 1.165) is 10.2 Å². The van der Waals surface area contributed by atoms with Gasteiger partial charge in [0.25, 0.3) is 5.91 Å². The molecule has 1 amide bonds. The smallest absolute Gasteiger partial charge is 0.271 e. The van der Waals surface area contributed by atoms with Crippen molar-refractivity contribution >= 4 is 73.1 Å². The lowest BCUT2D eigenvalue weighted by atomic mass is 10.2. The highest BCUT2D eigenvalue weighted by Crippen LogP contribution is 2.30. The number of nitrogen functional groups attached to an aromatic ring is 1. The number of hydrogen-bond acceptors (Lipinski definition) is 8. The van der Waals surface area contributed by atoms with E-state index in [1.54, 1.807) is 6.07 Å². The molecule has 0 fully saturated rings. The molecule has 146 valence electrons. The summed E-state index contributed by atoms with van der Waals surface area (Å²) in [6, 6.07) is 12.3. The fourth-order valence-electron chi connectivity index (χ4n) is 2.48. The molecule has 0 aliphatic heterocycles. The number of hydrogen-bond donors (Lipinski definition) is 4. The number of para-hydroxylation sites is 1. The van der Waals surface area contributed by atoms with E-state index >= 15 is 0 Å². The monoisotopic (exact) mass is 445 g/mol. The Balaban J connectivity index is 1.49. The summed E-state index contributed by atoms with van der Waals surface area (Å²) in [5, 5.41) is 4.38. The minimum atomic E-state index is -0.467. The molecule has 2 aromatic heterocycles. The number of benzene rings is 2. The maximum absolute atomic E-state index is 12.3. The first-order valence-electron chi connectivity index (χ1n) is 8.26. The van der Waals surface area contributed by atoms with Gasteiger partial charge >= 0.3 is 0 Å². The standard InChI is InChI=1S/C18H13Cl2N7OS/c19-9-5-6-10(11(20)7-9)17(28)27-26-16-14(21)15(22-8-23-16)25-18-24-12-3-1-2-4-13(12)29-18/h1-8H,21H2,(H,27,28)(H2,22,23,24,25,26). The summed E-state index contributed by atoms with van der Waals surface area (Å²) >= 11 is 13.4. The molecule has 2 heterocycles. The van der Waals surface area contributed by atoms with E-state index < -0.39 is 5.91 Å². The molecule has 11 heteroatoms. The highest BCUT2D eigenvalue weighted by Gasteiger charge is 2.14. The van der Waals surface area contributed by atoms with Crippen molar-refractivity contribution in [1.29, 1.82) is 0 Å². The molecule has 0 spiro atoms. The number of halogens is 2. The SMILES string of the molecule is Nc1c(NNC(=O)c2ccc(Cl)cc2Cl)ncnc1Nc1nc2ccccc2s1. The number of thiazole rings is 1. The van der Waals surface area contributed by atoms with Crippen LogP contribution < -0.4 is 21.9 Å². The van der Waals surface area contributed by atoms with Crippen LogP contribution >= 0.6 is 34.5 Å². The van der Waals surface area contributed by atoms with E-state index in [4.69, 9.17) is 28.9 Å². The third kappa shape index (κ3) is 4.16. The van der Waals surface area contributed by atoms with Gasteiger partial charge in [-0.25, -0.2) is 15.0 Å². The second-order valence-corrected chi connectivity index (χ2v) is 7.67. The van der Waals surface area contributed by atoms with Gasteiger partial charge in [0.2, 0.25) is 0 Å². The van der Waals surface area contributed by atoms with Crippen molar-refractivity contribution in [3.8, 4) is 0 Å². The molecule has 4 aromatic rings. The van der Waals surface area contributed by atoms with Gasteiger partial charge in [-0.2, -0.15) is 0 Å². The van der Waals surface area contributed by atoms with Crippen molar-refractivity contribution < 1.29 is 4.79 Å². The molecular weight excluding hydrogens is 433 g/mol. The number of nitrogens with zero attached hydrogens (tertiary/aromatic N) is 3. The summed E-state index contributed by atoms with van der Waals surface area (Å²) in [6.45, 7) is 0. The van der Waals surface area contributed by atoms with Crippen molar-refractivity contribution in [3.05, 3.63) is 64.4 Å². The zero-order chi connectivity index (χ0) is 20.4. The molecule has 0 saturated heterocycles. The molecule has 2 aromatic carbocycles. The number of nitrogens with one attached hydrogen (secondary N) is 3. The van der Waals surface area contributed by atoms with Crippen molar-refractivity contribution in [2.24, 2.45) is 0 Å². The molecular formula is C18H13Cl2N7OS. The van der Waals surface area contributed by atoms with Crippen molar-refractivity contribution in [2.45, 2.75) is 0 Å². The Morgan fingerprint density at radius 3 is 2.66 bits per heavy atom. The molecule has 0 aliphatic carbocycles. The average molecular weight is 446 g/mol. The van der Waals surface area contributed by atoms with Gasteiger partial charge in [0.05, 0.1) is 20.8 Å². The predicted octanol–water partition coefficient (Wildman–Crippen LogP) is 4.48. The molecule has 0 aliphatic rings. The Morgan fingerprint density at radius 1 is 1.07 bits per heavy atom. The van der Waals surface area contributed by atoms with Gasteiger partial charge < -0.3 is 11.1 Å². The number of amides is 1. The summed E-state index contributed by atoms with van der Waals surface area (Å²) in [4.78, 5) is 25.0. The van der Waals surface area contributed by atoms with E-state index in [1.807, 2.05) is 24.3 Å². The van der Waals surface area contributed by atoms with Gasteiger partial charge in [0, 0.05) is 5.02 Å². The first-order valence-corrected chi connectivity index (χ1v) is 9.83. The number of anilines is 4. The Kier molecular flexibility index (Phi) is 5.34. The second kappa shape index (κ2) is 8.08. The van der Waals surface area contributed by atoms with E-state index in [2.05, 4.69) is 31.1 Å². The summed E-state index contributed by atoms with van der Waals surface area (Å²) in [5.74, 6) is 0.118. The van der Waals surface area contributed by atoms with Crippen LogP contribution in [0, 0.1) is 0 Å². The molecule has 0 radical (unpaired) electrons. The fourth-order valence-corrected chi connectivity index (χ4v) is 3.84. The number of aromatic nitrogens is 3. The lowest BCUT2D eigenvalue weighted by Crippen LogP contribution is -2.30. The van der Waals surface area contributed by atoms with Gasteiger partial charge in [-0.3, -0.25) is 15.6 Å². The number of rotatable bonds is 5. The first-order chi connectivity index (χ1) is 14.0. The maximum atomic E-state index is 12.3. The normalized spacial score (nSPS) is 10.7. The van der Waals surface area contributed by atoms with Crippen LogP contribution in [0.15, 0.2) is 48.8 Å². The highest BCUT2D eigenvalue weighted by molar-refractivity contribution is 7.22. The highest BCUT2D eigenvalue weighted by atomic mass is 35.5. The van der Waals surface area contributed by atoms with Crippen LogP contribution in [0.1, 0.15) is 10.4 Å². The summed E-state index contributed by atoms with van der Waals surface area (Å²) < 4.78 is 1.04. The fraction of sp³-hybridized carbons (Fsp3) is 0. The zero-order valence-electron chi connectivity index (χ0n) is 14.6. The molecule has 0 saturated carbocycles. The van der Waals surface area contributed by atoms with Crippen molar-refractivity contribution in [2.75, 3.05) is 16.5 Å². The summed E-state index contributed by atoms with van der Waals surface area (Å²) in [7, 11) is 0.